The summed E-state index contributed by atoms with van der Waals surface area (Å²) in [7, 11) is 0. The minimum atomic E-state index is -0.686. The summed E-state index contributed by atoms with van der Waals surface area (Å²) < 4.78 is 10.2. The Labute approximate surface area is 155 Å². The van der Waals surface area contributed by atoms with E-state index in [1.54, 1.807) is 6.92 Å². The van der Waals surface area contributed by atoms with Gasteiger partial charge in [-0.1, -0.05) is 30.3 Å². The van der Waals surface area contributed by atoms with Crippen molar-refractivity contribution in [3.05, 3.63) is 41.3 Å². The zero-order chi connectivity index (χ0) is 18.4. The molecule has 0 spiro atoms. The lowest BCUT2D eigenvalue weighted by molar-refractivity contribution is 0.0916. The van der Waals surface area contributed by atoms with Gasteiger partial charge in [0.1, 0.15) is 0 Å². The summed E-state index contributed by atoms with van der Waals surface area (Å²) in [5.74, 6) is -0.375. The number of ether oxygens (including phenoxy) is 2. The van der Waals surface area contributed by atoms with Crippen LogP contribution in [0.15, 0.2) is 36.4 Å². The first-order valence-corrected chi connectivity index (χ1v) is 9.25. The summed E-state index contributed by atoms with van der Waals surface area (Å²) in [5, 5.41) is 1.03. The average Bonchev–Trinajstić information content (AvgIpc) is 3.13. The van der Waals surface area contributed by atoms with Crippen LogP contribution in [-0.4, -0.2) is 44.9 Å². The van der Waals surface area contributed by atoms with E-state index in [4.69, 9.17) is 9.47 Å². The van der Waals surface area contributed by atoms with E-state index < -0.39 is 6.09 Å². The lowest BCUT2D eigenvalue weighted by Gasteiger charge is -2.28. The highest BCUT2D eigenvalue weighted by atomic mass is 32.1. The molecular formula is C18H21N3O4S. The van der Waals surface area contributed by atoms with Crippen LogP contribution in [-0.2, 0) is 9.47 Å². The molecule has 0 atom stereocenters. The number of nitrogens with zero attached hydrogens (tertiary/aromatic N) is 1. The third kappa shape index (κ3) is 4.33. The first-order chi connectivity index (χ1) is 12.7. The largest absolute Gasteiger partial charge is 0.449 e. The highest BCUT2D eigenvalue weighted by molar-refractivity contribution is 7.18. The monoisotopic (exact) mass is 375 g/mol. The van der Waals surface area contributed by atoms with Crippen molar-refractivity contribution >= 4 is 28.3 Å². The first kappa shape index (κ1) is 18.2. The predicted octanol–water partition coefficient (Wildman–Crippen LogP) is 2.64. The fourth-order valence-electron chi connectivity index (χ4n) is 2.66. The van der Waals surface area contributed by atoms with Crippen molar-refractivity contribution < 1.29 is 19.1 Å². The fourth-order valence-corrected chi connectivity index (χ4v) is 3.78. The van der Waals surface area contributed by atoms with Crippen molar-refractivity contribution in [1.29, 1.82) is 0 Å². The zero-order valence-corrected chi connectivity index (χ0v) is 15.3. The van der Waals surface area contributed by atoms with Gasteiger partial charge in [0, 0.05) is 18.7 Å². The Morgan fingerprint density at radius 1 is 1.19 bits per heavy atom. The number of thiophene rings is 1. The van der Waals surface area contributed by atoms with E-state index in [9.17, 15) is 9.59 Å². The second kappa shape index (κ2) is 8.68. The van der Waals surface area contributed by atoms with E-state index in [1.165, 1.54) is 11.3 Å². The molecule has 2 heterocycles. The van der Waals surface area contributed by atoms with Crippen molar-refractivity contribution in [3.63, 3.8) is 0 Å². The van der Waals surface area contributed by atoms with Crippen LogP contribution in [0.25, 0.3) is 11.1 Å². The molecule has 0 saturated carbocycles. The molecule has 26 heavy (non-hydrogen) atoms. The molecule has 1 aliphatic heterocycles. The van der Waals surface area contributed by atoms with E-state index in [0.717, 1.165) is 29.2 Å². The van der Waals surface area contributed by atoms with Crippen molar-refractivity contribution in [2.45, 2.75) is 6.92 Å². The van der Waals surface area contributed by atoms with Gasteiger partial charge in [-0.15, -0.1) is 11.3 Å². The number of hydrogen-bond donors (Lipinski definition) is 2. The van der Waals surface area contributed by atoms with Crippen LogP contribution in [0.5, 0.6) is 0 Å². The van der Waals surface area contributed by atoms with E-state index in [0.29, 0.717) is 18.1 Å². The molecule has 0 unspecified atom stereocenters. The quantitative estimate of drug-likeness (QED) is 0.803. The molecule has 0 radical (unpaired) electrons. The molecule has 2 N–H and O–H groups in total. The number of hydrazine groups is 1. The Balaban J connectivity index is 1.83. The zero-order valence-electron chi connectivity index (χ0n) is 14.5. The number of morpholine rings is 1. The summed E-state index contributed by atoms with van der Waals surface area (Å²) in [5.41, 5.74) is 6.67. The van der Waals surface area contributed by atoms with Gasteiger partial charge in [-0.3, -0.25) is 10.2 Å². The lowest BCUT2D eigenvalue weighted by Crippen LogP contribution is -2.41. The van der Waals surface area contributed by atoms with Crippen LogP contribution in [0, 0.1) is 0 Å². The van der Waals surface area contributed by atoms with Gasteiger partial charge >= 0.3 is 6.09 Å². The highest BCUT2D eigenvalue weighted by Crippen LogP contribution is 2.39. The molecule has 0 aliphatic carbocycles. The van der Waals surface area contributed by atoms with Crippen molar-refractivity contribution in [2.24, 2.45) is 0 Å². The van der Waals surface area contributed by atoms with Gasteiger partial charge in [0.15, 0.2) is 0 Å². The lowest BCUT2D eigenvalue weighted by atomic mass is 10.1. The number of carbonyl (C=O) groups excluding carboxylic acids is 2. The standard InChI is InChI=1S/C18H21N3O4S/c1-2-25-18(23)20-19-16(22)15-12-14(13-6-4-3-5-7-13)17(26-15)21-8-10-24-11-9-21/h3-7,12H,2,8-11H2,1H3,(H,19,22)(H,20,23). The van der Waals surface area contributed by atoms with Crippen LogP contribution in [0.3, 0.4) is 0 Å². The average molecular weight is 375 g/mol. The van der Waals surface area contributed by atoms with Gasteiger partial charge in [0.05, 0.1) is 29.7 Å². The molecule has 1 saturated heterocycles. The predicted molar refractivity (Wildman–Crippen MR) is 100 cm³/mol. The van der Waals surface area contributed by atoms with Gasteiger partial charge in [0.2, 0.25) is 0 Å². The normalized spacial score (nSPS) is 14.0. The number of rotatable bonds is 4. The van der Waals surface area contributed by atoms with Gasteiger partial charge in [-0.25, -0.2) is 10.2 Å². The molecule has 3 rings (SSSR count). The van der Waals surface area contributed by atoms with E-state index >= 15 is 0 Å². The Bertz CT molecular complexity index is 757. The molecule has 1 fully saturated rings. The maximum Gasteiger partial charge on any atom is 0.426 e. The Morgan fingerprint density at radius 2 is 1.92 bits per heavy atom. The van der Waals surface area contributed by atoms with Crippen molar-refractivity contribution in [1.82, 2.24) is 10.9 Å². The molecule has 8 heteroatoms. The van der Waals surface area contributed by atoms with E-state index in [-0.39, 0.29) is 12.5 Å². The number of carbonyl (C=O) groups is 2. The molecular weight excluding hydrogens is 354 g/mol. The third-order valence-corrected chi connectivity index (χ3v) is 5.07. The Morgan fingerprint density at radius 3 is 2.62 bits per heavy atom. The molecule has 2 amide bonds. The van der Waals surface area contributed by atoms with Crippen molar-refractivity contribution in [3.8, 4) is 11.1 Å². The van der Waals surface area contributed by atoms with Crippen LogP contribution in [0.1, 0.15) is 16.6 Å². The summed E-state index contributed by atoms with van der Waals surface area (Å²) in [6.45, 7) is 4.82. The Hall–Kier alpha value is -2.58. The second-order valence-corrected chi connectivity index (χ2v) is 6.63. The van der Waals surface area contributed by atoms with Gasteiger partial charge < -0.3 is 14.4 Å². The van der Waals surface area contributed by atoms with Crippen LogP contribution in [0.4, 0.5) is 9.80 Å². The number of hydrogen-bond acceptors (Lipinski definition) is 6. The van der Waals surface area contributed by atoms with Crippen LogP contribution < -0.4 is 15.8 Å². The van der Waals surface area contributed by atoms with E-state index in [1.807, 2.05) is 36.4 Å². The van der Waals surface area contributed by atoms with Gasteiger partial charge in [0.25, 0.3) is 5.91 Å². The summed E-state index contributed by atoms with van der Waals surface area (Å²) in [4.78, 5) is 26.5. The molecule has 7 nitrogen and oxygen atoms in total. The fraction of sp³-hybridized carbons (Fsp3) is 0.333. The number of benzene rings is 1. The molecule has 1 aliphatic rings. The van der Waals surface area contributed by atoms with Crippen LogP contribution in [0.2, 0.25) is 0 Å². The van der Waals surface area contributed by atoms with E-state index in [2.05, 4.69) is 15.8 Å². The van der Waals surface area contributed by atoms with Crippen molar-refractivity contribution in [2.75, 3.05) is 37.8 Å². The SMILES string of the molecule is CCOC(=O)NNC(=O)c1cc(-c2ccccc2)c(N2CCOCC2)s1. The molecule has 138 valence electrons. The maximum atomic E-state index is 12.4. The maximum absolute atomic E-state index is 12.4. The third-order valence-electron chi connectivity index (χ3n) is 3.87. The molecule has 1 aromatic heterocycles. The second-order valence-electron chi connectivity index (χ2n) is 5.59. The number of nitrogens with one attached hydrogen (secondary N) is 2. The summed E-state index contributed by atoms with van der Waals surface area (Å²) >= 11 is 1.40. The van der Waals surface area contributed by atoms with Gasteiger partial charge in [-0.2, -0.15) is 0 Å². The smallest absolute Gasteiger partial charge is 0.426 e. The Kier molecular flexibility index (Phi) is 6.08. The molecule has 2 aromatic rings. The van der Waals surface area contributed by atoms with Crippen LogP contribution >= 0.6 is 11.3 Å². The minimum Gasteiger partial charge on any atom is -0.449 e. The summed E-state index contributed by atoms with van der Waals surface area (Å²) in [6, 6.07) is 11.8. The summed E-state index contributed by atoms with van der Waals surface area (Å²) in [6.07, 6.45) is -0.686. The molecule has 0 bridgehead atoms. The number of anilines is 1. The topological polar surface area (TPSA) is 79.9 Å². The number of amides is 2. The van der Waals surface area contributed by atoms with Gasteiger partial charge in [-0.05, 0) is 18.6 Å². The minimum absolute atomic E-state index is 0.236. The highest BCUT2D eigenvalue weighted by Gasteiger charge is 2.22. The molecule has 1 aromatic carbocycles. The first-order valence-electron chi connectivity index (χ1n) is 8.44.